The van der Waals surface area contributed by atoms with Crippen LogP contribution in [0.15, 0.2) is 66.5 Å². The number of rotatable bonds is 6. The molecule has 6 nitrogen and oxygen atoms in total. The second-order valence-corrected chi connectivity index (χ2v) is 9.43. The van der Waals surface area contributed by atoms with Crippen LogP contribution < -0.4 is 9.64 Å². The highest BCUT2D eigenvalue weighted by Crippen LogP contribution is 2.43. The molecular formula is C29H30N2O4. The third kappa shape index (κ3) is 4.69. The van der Waals surface area contributed by atoms with Crippen molar-refractivity contribution in [2.45, 2.75) is 40.7 Å². The van der Waals surface area contributed by atoms with Crippen molar-refractivity contribution >= 4 is 23.1 Å². The molecule has 4 rings (SSSR count). The van der Waals surface area contributed by atoms with E-state index in [4.69, 9.17) is 4.74 Å². The van der Waals surface area contributed by atoms with Crippen LogP contribution >= 0.6 is 0 Å². The number of carbonyl (C=O) groups excluding carboxylic acids is 2. The maximum Gasteiger partial charge on any atom is 0.300 e. The number of aromatic nitrogens is 1. The third-order valence-electron chi connectivity index (χ3n) is 6.09. The largest absolute Gasteiger partial charge is 0.507 e. The molecule has 1 aliphatic heterocycles. The Hall–Kier alpha value is -3.93. The van der Waals surface area contributed by atoms with Crippen LogP contribution in [-0.2, 0) is 9.59 Å². The Balaban J connectivity index is 1.86. The molecule has 0 aliphatic carbocycles. The Labute approximate surface area is 205 Å². The Kier molecular flexibility index (Phi) is 6.74. The summed E-state index contributed by atoms with van der Waals surface area (Å²) in [6, 6.07) is 13.8. The van der Waals surface area contributed by atoms with Crippen LogP contribution in [0.3, 0.4) is 0 Å². The van der Waals surface area contributed by atoms with E-state index in [0.29, 0.717) is 29.3 Å². The van der Waals surface area contributed by atoms with Gasteiger partial charge in [0.15, 0.2) is 0 Å². The molecule has 1 amide bonds. The molecule has 1 N–H and O–H groups in total. The van der Waals surface area contributed by atoms with Crippen LogP contribution in [0.25, 0.3) is 5.76 Å². The summed E-state index contributed by atoms with van der Waals surface area (Å²) >= 11 is 0. The molecule has 1 aromatic heterocycles. The maximum absolute atomic E-state index is 13.4. The fourth-order valence-electron chi connectivity index (χ4n) is 4.28. The molecule has 0 spiro atoms. The van der Waals surface area contributed by atoms with Crippen molar-refractivity contribution in [3.05, 3.63) is 94.3 Å². The predicted octanol–water partition coefficient (Wildman–Crippen LogP) is 5.67. The standard InChI is InChI=1S/C29H30N2O4/c1-17(2)16-35-24-11-10-21(14-20(24)5)27(32)25-26(22-7-6-12-30-15-22)31(29(34)28(25)33)23-13-18(3)8-9-19(23)4/h6-15,17,26,32H,16H2,1-5H3/b27-25-. The van der Waals surface area contributed by atoms with E-state index >= 15 is 0 Å². The minimum absolute atomic E-state index is 0.0409. The quantitative estimate of drug-likeness (QED) is 0.285. The number of ketones is 1. The summed E-state index contributed by atoms with van der Waals surface area (Å²) < 4.78 is 5.85. The topological polar surface area (TPSA) is 79.7 Å². The molecular weight excluding hydrogens is 440 g/mol. The summed E-state index contributed by atoms with van der Waals surface area (Å²) in [5, 5.41) is 11.4. The van der Waals surface area contributed by atoms with Crippen molar-refractivity contribution < 1.29 is 19.4 Å². The van der Waals surface area contributed by atoms with Crippen molar-refractivity contribution in [1.82, 2.24) is 4.98 Å². The summed E-state index contributed by atoms with van der Waals surface area (Å²) in [4.78, 5) is 32.4. The second-order valence-electron chi connectivity index (χ2n) is 9.43. The van der Waals surface area contributed by atoms with Gasteiger partial charge >= 0.3 is 0 Å². The lowest BCUT2D eigenvalue weighted by atomic mass is 9.95. The van der Waals surface area contributed by atoms with E-state index in [-0.39, 0.29) is 11.3 Å². The van der Waals surface area contributed by atoms with Gasteiger partial charge in [-0.05, 0) is 79.3 Å². The number of pyridine rings is 1. The molecule has 1 saturated heterocycles. The highest BCUT2D eigenvalue weighted by atomic mass is 16.5. The lowest BCUT2D eigenvalue weighted by Gasteiger charge is -2.27. The molecule has 1 fully saturated rings. The molecule has 180 valence electrons. The summed E-state index contributed by atoms with van der Waals surface area (Å²) in [5.74, 6) is -0.529. The van der Waals surface area contributed by atoms with Crippen LogP contribution in [-0.4, -0.2) is 28.4 Å². The molecule has 6 heteroatoms. The summed E-state index contributed by atoms with van der Waals surface area (Å²) in [6.45, 7) is 10.4. The molecule has 0 saturated carbocycles. The van der Waals surface area contributed by atoms with Gasteiger partial charge in [-0.1, -0.05) is 32.0 Å². The lowest BCUT2D eigenvalue weighted by molar-refractivity contribution is -0.132. The van der Waals surface area contributed by atoms with Gasteiger partial charge in [0.25, 0.3) is 11.7 Å². The lowest BCUT2D eigenvalue weighted by Crippen LogP contribution is -2.30. The van der Waals surface area contributed by atoms with Gasteiger partial charge in [-0.2, -0.15) is 0 Å². The number of aliphatic hydroxyl groups is 1. The average molecular weight is 471 g/mol. The van der Waals surface area contributed by atoms with E-state index in [1.165, 1.54) is 4.90 Å². The Morgan fingerprint density at radius 2 is 1.83 bits per heavy atom. The molecule has 0 bridgehead atoms. The van der Waals surface area contributed by atoms with Crippen LogP contribution in [0.5, 0.6) is 5.75 Å². The van der Waals surface area contributed by atoms with Crippen molar-refractivity contribution in [3.8, 4) is 5.75 Å². The number of nitrogens with zero attached hydrogens (tertiary/aromatic N) is 2. The minimum atomic E-state index is -0.804. The van der Waals surface area contributed by atoms with E-state index in [1.807, 2.05) is 45.0 Å². The predicted molar refractivity (Wildman–Crippen MR) is 136 cm³/mol. The number of hydrogen-bond acceptors (Lipinski definition) is 5. The summed E-state index contributed by atoms with van der Waals surface area (Å²) in [6.07, 6.45) is 3.25. The number of ether oxygens (including phenoxy) is 1. The van der Waals surface area contributed by atoms with E-state index < -0.39 is 17.7 Å². The number of benzene rings is 2. The van der Waals surface area contributed by atoms with Crippen molar-refractivity contribution in [2.75, 3.05) is 11.5 Å². The first-order valence-corrected chi connectivity index (χ1v) is 11.7. The zero-order chi connectivity index (χ0) is 25.3. The normalized spacial score (nSPS) is 17.3. The molecule has 1 atom stereocenters. The number of Topliss-reactive ketones (excluding diaryl/α,β-unsaturated/α-hetero) is 1. The first-order chi connectivity index (χ1) is 16.7. The zero-order valence-corrected chi connectivity index (χ0v) is 20.7. The van der Waals surface area contributed by atoms with Crippen molar-refractivity contribution in [2.24, 2.45) is 5.92 Å². The number of aryl methyl sites for hydroxylation is 3. The van der Waals surface area contributed by atoms with Gasteiger partial charge in [-0.3, -0.25) is 19.5 Å². The molecule has 1 aliphatic rings. The maximum atomic E-state index is 13.4. The Bertz CT molecular complexity index is 1310. The van der Waals surface area contributed by atoms with Gasteiger partial charge in [0, 0.05) is 23.6 Å². The van der Waals surface area contributed by atoms with E-state index in [9.17, 15) is 14.7 Å². The first kappa shape index (κ1) is 24.2. The fourth-order valence-corrected chi connectivity index (χ4v) is 4.28. The Morgan fingerprint density at radius 1 is 1.06 bits per heavy atom. The number of hydrogen-bond donors (Lipinski definition) is 1. The van der Waals surface area contributed by atoms with E-state index in [2.05, 4.69) is 18.8 Å². The van der Waals surface area contributed by atoms with Gasteiger partial charge in [-0.25, -0.2) is 0 Å². The highest BCUT2D eigenvalue weighted by molar-refractivity contribution is 6.51. The van der Waals surface area contributed by atoms with Gasteiger partial charge in [0.2, 0.25) is 0 Å². The molecule has 1 unspecified atom stereocenters. The number of anilines is 1. The van der Waals surface area contributed by atoms with E-state index in [1.54, 1.807) is 36.7 Å². The first-order valence-electron chi connectivity index (χ1n) is 11.7. The van der Waals surface area contributed by atoms with Crippen LogP contribution in [0.1, 0.15) is 47.7 Å². The molecule has 2 aromatic carbocycles. The number of aliphatic hydroxyl groups excluding tert-OH is 1. The second kappa shape index (κ2) is 9.74. The SMILES string of the molecule is Cc1ccc(C)c(N2C(=O)C(=O)/C(=C(\O)c3ccc(OCC(C)C)c(C)c3)C2c2cccnc2)c1. The minimum Gasteiger partial charge on any atom is -0.507 e. The molecule has 0 radical (unpaired) electrons. The molecule has 3 aromatic rings. The molecule has 2 heterocycles. The Morgan fingerprint density at radius 3 is 2.49 bits per heavy atom. The monoisotopic (exact) mass is 470 g/mol. The van der Waals surface area contributed by atoms with Crippen LogP contribution in [0.4, 0.5) is 5.69 Å². The van der Waals surface area contributed by atoms with Crippen molar-refractivity contribution in [3.63, 3.8) is 0 Å². The number of carbonyl (C=O) groups is 2. The van der Waals surface area contributed by atoms with Gasteiger partial charge in [-0.15, -0.1) is 0 Å². The summed E-state index contributed by atoms with van der Waals surface area (Å²) in [5.41, 5.74) is 4.41. The fraction of sp³-hybridized carbons (Fsp3) is 0.276. The van der Waals surface area contributed by atoms with Gasteiger partial charge in [0.1, 0.15) is 11.5 Å². The summed E-state index contributed by atoms with van der Waals surface area (Å²) in [7, 11) is 0. The van der Waals surface area contributed by atoms with Gasteiger partial charge in [0.05, 0.1) is 18.2 Å². The third-order valence-corrected chi connectivity index (χ3v) is 6.09. The van der Waals surface area contributed by atoms with E-state index in [0.717, 1.165) is 22.4 Å². The van der Waals surface area contributed by atoms with Crippen LogP contribution in [0, 0.1) is 26.7 Å². The van der Waals surface area contributed by atoms with Crippen molar-refractivity contribution in [1.29, 1.82) is 0 Å². The smallest absolute Gasteiger partial charge is 0.300 e. The van der Waals surface area contributed by atoms with Gasteiger partial charge < -0.3 is 9.84 Å². The van der Waals surface area contributed by atoms with Crippen LogP contribution in [0.2, 0.25) is 0 Å². The zero-order valence-electron chi connectivity index (χ0n) is 20.7. The highest BCUT2D eigenvalue weighted by Gasteiger charge is 2.47. The number of amides is 1. The average Bonchev–Trinajstić information content (AvgIpc) is 3.10. The molecule has 35 heavy (non-hydrogen) atoms.